The number of rotatable bonds is 2. The minimum atomic E-state index is -0.400. The van der Waals surface area contributed by atoms with E-state index in [9.17, 15) is 14.4 Å². The van der Waals surface area contributed by atoms with Crippen LogP contribution in [0.1, 0.15) is 34.6 Å². The summed E-state index contributed by atoms with van der Waals surface area (Å²) in [6.07, 6.45) is 1.69. The maximum absolute atomic E-state index is 11.8. The summed E-state index contributed by atoms with van der Waals surface area (Å²) in [7, 11) is 0. The predicted molar refractivity (Wildman–Crippen MR) is 75.4 cm³/mol. The van der Waals surface area contributed by atoms with Crippen molar-refractivity contribution in [1.82, 2.24) is 5.32 Å². The highest BCUT2D eigenvalue weighted by atomic mass is 16.2. The summed E-state index contributed by atoms with van der Waals surface area (Å²) in [5.41, 5.74) is 1.61. The van der Waals surface area contributed by atoms with Gasteiger partial charge in [0.2, 0.25) is 5.78 Å². The Balaban J connectivity index is 2.35. The predicted octanol–water partition coefficient (Wildman–Crippen LogP) is 2.03. The molecule has 0 saturated heterocycles. The van der Waals surface area contributed by atoms with Gasteiger partial charge in [0.15, 0.2) is 0 Å². The van der Waals surface area contributed by atoms with E-state index < -0.39 is 5.91 Å². The zero-order chi connectivity index (χ0) is 14.9. The Morgan fingerprint density at radius 2 is 2.00 bits per heavy atom. The second kappa shape index (κ2) is 5.13. The summed E-state index contributed by atoms with van der Waals surface area (Å²) in [6.45, 7) is 6.94. The maximum Gasteiger partial charge on any atom is 0.256 e. The first-order chi connectivity index (χ1) is 9.43. The molecule has 1 aliphatic heterocycles. The average molecular weight is 270 g/mol. The van der Waals surface area contributed by atoms with Gasteiger partial charge in [0.1, 0.15) is 0 Å². The summed E-state index contributed by atoms with van der Waals surface area (Å²) in [5.74, 6) is -0.968. The molecular weight excluding hydrogens is 256 g/mol. The molecule has 0 radical (unpaired) electrons. The third-order valence-electron chi connectivity index (χ3n) is 3.10. The number of carbonyl (C=O) groups is 3. The summed E-state index contributed by atoms with van der Waals surface area (Å²) in [5, 5.41) is 5.06. The molecule has 0 bridgehead atoms. The lowest BCUT2D eigenvalue weighted by Gasteiger charge is -2.18. The van der Waals surface area contributed by atoms with Crippen molar-refractivity contribution in [3.8, 4) is 0 Å². The van der Waals surface area contributed by atoms with Gasteiger partial charge in [0.05, 0.1) is 11.3 Å². The fourth-order valence-electron chi connectivity index (χ4n) is 1.79. The van der Waals surface area contributed by atoms with Crippen LogP contribution in [0.25, 0.3) is 0 Å². The Morgan fingerprint density at radius 3 is 2.65 bits per heavy atom. The summed E-state index contributed by atoms with van der Waals surface area (Å²) in [4.78, 5) is 35.4. The average Bonchev–Trinajstić information content (AvgIpc) is 2.44. The van der Waals surface area contributed by atoms with Gasteiger partial charge < -0.3 is 10.6 Å². The number of carbonyl (C=O) groups excluding carboxylic acids is 3. The van der Waals surface area contributed by atoms with E-state index >= 15 is 0 Å². The SMILES string of the molecule is C=C1NC(=O)c2cc(NC(=O)/C(C)=C/C)ccc2C1=O. The topological polar surface area (TPSA) is 75.3 Å². The molecule has 0 spiro atoms. The Bertz CT molecular complexity index is 672. The Kier molecular flexibility index (Phi) is 3.52. The smallest absolute Gasteiger partial charge is 0.256 e. The number of hydrogen-bond donors (Lipinski definition) is 2. The highest BCUT2D eigenvalue weighted by Gasteiger charge is 2.26. The van der Waals surface area contributed by atoms with Crippen molar-refractivity contribution in [3.63, 3.8) is 0 Å². The van der Waals surface area contributed by atoms with Crippen LogP contribution in [0.2, 0.25) is 0 Å². The lowest BCUT2D eigenvalue weighted by atomic mass is 9.97. The molecule has 0 aliphatic carbocycles. The van der Waals surface area contributed by atoms with Gasteiger partial charge in [0, 0.05) is 16.8 Å². The van der Waals surface area contributed by atoms with Crippen LogP contribution < -0.4 is 10.6 Å². The van der Waals surface area contributed by atoms with Crippen molar-refractivity contribution in [3.05, 3.63) is 53.3 Å². The lowest BCUT2D eigenvalue weighted by molar-refractivity contribution is -0.112. The van der Waals surface area contributed by atoms with E-state index in [2.05, 4.69) is 17.2 Å². The standard InChI is InChI=1S/C15H14N2O3/c1-4-8(2)14(19)17-10-5-6-11-12(7-10)15(20)16-9(3)13(11)18/h4-7H,3H2,1-2H3,(H,16,20)(H,17,19)/b8-4+. The van der Waals surface area contributed by atoms with Crippen LogP contribution in [-0.2, 0) is 4.79 Å². The van der Waals surface area contributed by atoms with Gasteiger partial charge in [-0.25, -0.2) is 0 Å². The van der Waals surface area contributed by atoms with E-state index in [0.717, 1.165) is 0 Å². The summed E-state index contributed by atoms with van der Waals surface area (Å²) >= 11 is 0. The van der Waals surface area contributed by atoms with E-state index in [0.29, 0.717) is 16.8 Å². The number of fused-ring (bicyclic) bond motifs is 1. The first-order valence-electron chi connectivity index (χ1n) is 6.07. The number of Topliss-reactive ketones (excluding diaryl/α,β-unsaturated/α-hetero) is 1. The van der Waals surface area contributed by atoms with Gasteiger partial charge in [-0.1, -0.05) is 12.7 Å². The van der Waals surface area contributed by atoms with Gasteiger partial charge in [-0.05, 0) is 32.0 Å². The molecule has 1 aliphatic rings. The first-order valence-corrected chi connectivity index (χ1v) is 6.07. The zero-order valence-electron chi connectivity index (χ0n) is 11.2. The normalized spacial score (nSPS) is 14.7. The van der Waals surface area contributed by atoms with E-state index in [-0.39, 0.29) is 23.0 Å². The number of allylic oxidation sites excluding steroid dienone is 2. The highest BCUT2D eigenvalue weighted by Crippen LogP contribution is 2.22. The number of nitrogens with one attached hydrogen (secondary N) is 2. The fourth-order valence-corrected chi connectivity index (χ4v) is 1.79. The van der Waals surface area contributed by atoms with Crippen LogP contribution in [-0.4, -0.2) is 17.6 Å². The van der Waals surface area contributed by atoms with E-state index in [1.807, 2.05) is 0 Å². The van der Waals surface area contributed by atoms with E-state index in [1.165, 1.54) is 12.1 Å². The summed E-state index contributed by atoms with van der Waals surface area (Å²) in [6, 6.07) is 4.58. The minimum Gasteiger partial charge on any atom is -0.322 e. The van der Waals surface area contributed by atoms with Crippen LogP contribution in [0.3, 0.4) is 0 Å². The van der Waals surface area contributed by atoms with Crippen LogP contribution in [0, 0.1) is 0 Å². The van der Waals surface area contributed by atoms with Crippen LogP contribution >= 0.6 is 0 Å². The number of hydrogen-bond acceptors (Lipinski definition) is 3. The molecular formula is C15H14N2O3. The van der Waals surface area contributed by atoms with Crippen molar-refractivity contribution in [2.75, 3.05) is 5.32 Å². The number of amides is 2. The number of ketones is 1. The molecule has 1 aromatic carbocycles. The van der Waals surface area contributed by atoms with Gasteiger partial charge in [-0.2, -0.15) is 0 Å². The molecule has 0 aromatic heterocycles. The monoisotopic (exact) mass is 270 g/mol. The molecule has 0 unspecified atom stereocenters. The minimum absolute atomic E-state index is 0.0593. The number of benzene rings is 1. The molecule has 2 amide bonds. The molecule has 1 aromatic rings. The van der Waals surface area contributed by atoms with Crippen LogP contribution in [0.15, 0.2) is 42.1 Å². The van der Waals surface area contributed by atoms with E-state index in [1.54, 1.807) is 26.0 Å². The Morgan fingerprint density at radius 1 is 1.30 bits per heavy atom. The summed E-state index contributed by atoms with van der Waals surface area (Å²) < 4.78 is 0. The van der Waals surface area contributed by atoms with Gasteiger partial charge in [-0.3, -0.25) is 14.4 Å². The molecule has 0 saturated carbocycles. The molecule has 2 rings (SSSR count). The lowest BCUT2D eigenvalue weighted by Crippen LogP contribution is -2.34. The van der Waals surface area contributed by atoms with Gasteiger partial charge >= 0.3 is 0 Å². The molecule has 0 atom stereocenters. The first kappa shape index (κ1) is 13.7. The third kappa shape index (κ3) is 2.38. The van der Waals surface area contributed by atoms with Crippen molar-refractivity contribution in [1.29, 1.82) is 0 Å². The highest BCUT2D eigenvalue weighted by molar-refractivity contribution is 6.21. The molecule has 2 N–H and O–H groups in total. The largest absolute Gasteiger partial charge is 0.322 e. The second-order valence-electron chi connectivity index (χ2n) is 4.45. The van der Waals surface area contributed by atoms with E-state index in [4.69, 9.17) is 0 Å². The van der Waals surface area contributed by atoms with Gasteiger partial charge in [0.25, 0.3) is 11.8 Å². The molecule has 0 fully saturated rings. The zero-order valence-corrected chi connectivity index (χ0v) is 11.2. The maximum atomic E-state index is 11.8. The Labute approximate surface area is 116 Å². The quantitative estimate of drug-likeness (QED) is 0.807. The molecule has 1 heterocycles. The number of anilines is 1. The Hall–Kier alpha value is -2.69. The van der Waals surface area contributed by atoms with Crippen molar-refractivity contribution < 1.29 is 14.4 Å². The third-order valence-corrected chi connectivity index (χ3v) is 3.10. The molecule has 102 valence electrons. The van der Waals surface area contributed by atoms with Gasteiger partial charge in [-0.15, -0.1) is 0 Å². The van der Waals surface area contributed by atoms with Crippen molar-refractivity contribution in [2.24, 2.45) is 0 Å². The second-order valence-corrected chi connectivity index (χ2v) is 4.45. The molecule has 5 nitrogen and oxygen atoms in total. The van der Waals surface area contributed by atoms with Crippen LogP contribution in [0.4, 0.5) is 5.69 Å². The van der Waals surface area contributed by atoms with Crippen molar-refractivity contribution >= 4 is 23.3 Å². The molecule has 5 heteroatoms. The van der Waals surface area contributed by atoms with Crippen LogP contribution in [0.5, 0.6) is 0 Å². The molecule has 20 heavy (non-hydrogen) atoms. The van der Waals surface area contributed by atoms with Crippen molar-refractivity contribution in [2.45, 2.75) is 13.8 Å². The fraction of sp³-hybridized carbons (Fsp3) is 0.133.